The molecule has 0 unspecified atom stereocenters. The minimum Gasteiger partial charge on any atom is -0.309 e. The minimum absolute atomic E-state index is 0.238. The number of rotatable bonds is 3. The Morgan fingerprint density at radius 1 is 1.08 bits per heavy atom. The van der Waals surface area contributed by atoms with Gasteiger partial charge in [0.2, 0.25) is 5.91 Å². The van der Waals surface area contributed by atoms with Crippen molar-refractivity contribution in [2.45, 2.75) is 11.8 Å². The van der Waals surface area contributed by atoms with E-state index in [9.17, 15) is 13.2 Å². The molecule has 4 rings (SSSR count). The summed E-state index contributed by atoms with van der Waals surface area (Å²) in [5.74, 6) is -0.0381. The van der Waals surface area contributed by atoms with Crippen LogP contribution in [0.2, 0.25) is 0 Å². The number of anilines is 2. The molecular weight excluding hydrogens is 338 g/mol. The quantitative estimate of drug-likeness (QED) is 0.785. The molecule has 0 fully saturated rings. The fourth-order valence-corrected chi connectivity index (χ4v) is 4.72. The van der Waals surface area contributed by atoms with Crippen LogP contribution in [0.5, 0.6) is 0 Å². The monoisotopic (exact) mass is 353 g/mol. The lowest BCUT2D eigenvalue weighted by molar-refractivity contribution is -0.114. The van der Waals surface area contributed by atoms with Gasteiger partial charge >= 0.3 is 0 Å². The van der Waals surface area contributed by atoms with Crippen molar-refractivity contribution >= 4 is 38.2 Å². The van der Waals surface area contributed by atoms with Crippen LogP contribution in [0.3, 0.4) is 0 Å². The van der Waals surface area contributed by atoms with Crippen LogP contribution in [0, 0.1) is 6.92 Å². The predicted octanol–water partition coefficient (Wildman–Crippen LogP) is 2.69. The van der Waals surface area contributed by atoms with Crippen LogP contribution in [0.4, 0.5) is 11.5 Å². The van der Waals surface area contributed by atoms with Crippen molar-refractivity contribution in [3.8, 4) is 0 Å². The molecule has 7 heteroatoms. The SMILES string of the molecule is Cc1cccc(NC(=O)CN2c3cccc4cccc(c34)S2(=O)=O)n1. The second-order valence-electron chi connectivity index (χ2n) is 5.86. The standard InChI is InChI=1S/C18H15N3O3S/c1-12-5-2-10-16(19-12)20-17(22)11-21-14-8-3-6-13-7-4-9-15(18(13)14)25(21,23)24/h2-10H,11H2,1H3,(H,19,20,22). The van der Waals surface area contributed by atoms with Gasteiger partial charge in [-0.2, -0.15) is 0 Å². The summed E-state index contributed by atoms with van der Waals surface area (Å²) in [6.07, 6.45) is 0. The van der Waals surface area contributed by atoms with E-state index in [1.165, 1.54) is 0 Å². The highest BCUT2D eigenvalue weighted by Gasteiger charge is 2.36. The number of nitrogens with zero attached hydrogens (tertiary/aromatic N) is 2. The molecule has 1 N–H and O–H groups in total. The van der Waals surface area contributed by atoms with E-state index in [0.717, 1.165) is 15.4 Å². The van der Waals surface area contributed by atoms with Gasteiger partial charge in [-0.05, 0) is 36.6 Å². The summed E-state index contributed by atoms with van der Waals surface area (Å²) in [7, 11) is -3.74. The number of hydrogen-bond donors (Lipinski definition) is 1. The Morgan fingerprint density at radius 3 is 2.56 bits per heavy atom. The molecule has 0 saturated heterocycles. The number of aryl methyl sites for hydroxylation is 1. The number of carbonyl (C=O) groups is 1. The molecule has 0 bridgehead atoms. The smallest absolute Gasteiger partial charge is 0.265 e. The number of carbonyl (C=O) groups excluding carboxylic acids is 1. The first-order chi connectivity index (χ1) is 12.0. The Bertz CT molecular complexity index is 1100. The van der Waals surface area contributed by atoms with Crippen molar-refractivity contribution in [1.29, 1.82) is 0 Å². The maximum Gasteiger partial charge on any atom is 0.265 e. The Hall–Kier alpha value is -2.93. The van der Waals surface area contributed by atoms with Crippen molar-refractivity contribution < 1.29 is 13.2 Å². The van der Waals surface area contributed by atoms with Crippen molar-refractivity contribution in [3.63, 3.8) is 0 Å². The van der Waals surface area contributed by atoms with E-state index >= 15 is 0 Å². The maximum absolute atomic E-state index is 12.8. The Morgan fingerprint density at radius 2 is 1.80 bits per heavy atom. The number of sulfonamides is 1. The molecule has 2 heterocycles. The van der Waals surface area contributed by atoms with Crippen LogP contribution in [0.1, 0.15) is 5.69 Å². The minimum atomic E-state index is -3.74. The van der Waals surface area contributed by atoms with E-state index in [4.69, 9.17) is 0 Å². The number of amides is 1. The third-order valence-electron chi connectivity index (χ3n) is 4.12. The lowest BCUT2D eigenvalue weighted by Crippen LogP contribution is -2.35. The highest BCUT2D eigenvalue weighted by molar-refractivity contribution is 7.93. The molecule has 126 valence electrons. The van der Waals surface area contributed by atoms with E-state index in [1.54, 1.807) is 36.4 Å². The van der Waals surface area contributed by atoms with Crippen LogP contribution in [0.15, 0.2) is 59.5 Å². The van der Waals surface area contributed by atoms with Crippen LogP contribution in [0.25, 0.3) is 10.8 Å². The van der Waals surface area contributed by atoms with E-state index in [0.29, 0.717) is 16.9 Å². The molecule has 0 saturated carbocycles. The van der Waals surface area contributed by atoms with E-state index in [1.807, 2.05) is 25.1 Å². The number of benzene rings is 2. The number of nitrogens with one attached hydrogen (secondary N) is 1. The van der Waals surface area contributed by atoms with Gasteiger partial charge in [-0.25, -0.2) is 13.4 Å². The Labute approximate surface area is 145 Å². The Balaban J connectivity index is 1.68. The first-order valence-electron chi connectivity index (χ1n) is 7.75. The summed E-state index contributed by atoms with van der Waals surface area (Å²) in [6, 6.07) is 15.8. The largest absolute Gasteiger partial charge is 0.309 e. The number of hydrogen-bond acceptors (Lipinski definition) is 4. The first kappa shape index (κ1) is 15.6. The molecule has 25 heavy (non-hydrogen) atoms. The zero-order chi connectivity index (χ0) is 17.6. The predicted molar refractivity (Wildman–Crippen MR) is 96.1 cm³/mol. The highest BCUT2D eigenvalue weighted by Crippen LogP contribution is 2.41. The van der Waals surface area contributed by atoms with Gasteiger partial charge in [-0.15, -0.1) is 0 Å². The zero-order valence-corrected chi connectivity index (χ0v) is 14.2. The van der Waals surface area contributed by atoms with Gasteiger partial charge in [-0.3, -0.25) is 9.10 Å². The summed E-state index contributed by atoms with van der Waals surface area (Å²) >= 11 is 0. The fraction of sp³-hybridized carbons (Fsp3) is 0.111. The van der Waals surface area contributed by atoms with Crippen LogP contribution < -0.4 is 9.62 Å². The molecule has 2 aromatic carbocycles. The molecule has 1 aliphatic heterocycles. The molecule has 3 aromatic rings. The van der Waals surface area contributed by atoms with Gasteiger partial charge in [0.1, 0.15) is 12.4 Å². The molecule has 0 aliphatic carbocycles. The Kier molecular flexibility index (Phi) is 3.47. The average molecular weight is 353 g/mol. The van der Waals surface area contributed by atoms with Crippen molar-refractivity contribution in [2.24, 2.45) is 0 Å². The topological polar surface area (TPSA) is 79.4 Å². The number of aromatic nitrogens is 1. The third kappa shape index (κ3) is 2.53. The molecule has 6 nitrogen and oxygen atoms in total. The third-order valence-corrected chi connectivity index (χ3v) is 5.93. The van der Waals surface area contributed by atoms with Crippen LogP contribution in [-0.2, 0) is 14.8 Å². The molecule has 0 radical (unpaired) electrons. The van der Waals surface area contributed by atoms with Gasteiger partial charge in [0.15, 0.2) is 0 Å². The summed E-state index contributed by atoms with van der Waals surface area (Å²) in [5, 5.41) is 4.14. The van der Waals surface area contributed by atoms with E-state index < -0.39 is 15.9 Å². The van der Waals surface area contributed by atoms with Gasteiger partial charge in [0.05, 0.1) is 10.6 Å². The van der Waals surface area contributed by atoms with Crippen molar-refractivity contribution in [1.82, 2.24) is 4.98 Å². The molecule has 1 amide bonds. The summed E-state index contributed by atoms with van der Waals surface area (Å²) in [6.45, 7) is 1.52. The van der Waals surface area contributed by atoms with Crippen molar-refractivity contribution in [3.05, 3.63) is 60.3 Å². The summed E-state index contributed by atoms with van der Waals surface area (Å²) in [4.78, 5) is 16.8. The fourth-order valence-electron chi connectivity index (χ4n) is 3.05. The van der Waals surface area contributed by atoms with Crippen molar-refractivity contribution in [2.75, 3.05) is 16.2 Å². The van der Waals surface area contributed by atoms with Gasteiger partial charge in [0.25, 0.3) is 10.0 Å². The average Bonchev–Trinajstić information content (AvgIpc) is 2.78. The summed E-state index contributed by atoms with van der Waals surface area (Å²) < 4.78 is 26.8. The summed E-state index contributed by atoms with van der Waals surface area (Å²) in [5.41, 5.74) is 1.30. The van der Waals surface area contributed by atoms with Crippen LogP contribution >= 0.6 is 0 Å². The highest BCUT2D eigenvalue weighted by atomic mass is 32.2. The lowest BCUT2D eigenvalue weighted by Gasteiger charge is -2.18. The molecule has 1 aliphatic rings. The first-order valence-corrected chi connectivity index (χ1v) is 9.19. The normalized spacial score (nSPS) is 14.7. The zero-order valence-electron chi connectivity index (χ0n) is 13.4. The van der Waals surface area contributed by atoms with Crippen LogP contribution in [-0.4, -0.2) is 25.9 Å². The molecule has 0 spiro atoms. The lowest BCUT2D eigenvalue weighted by atomic mass is 10.1. The van der Waals surface area contributed by atoms with Gasteiger partial charge in [-0.1, -0.05) is 30.3 Å². The van der Waals surface area contributed by atoms with Gasteiger partial charge in [0, 0.05) is 11.1 Å². The maximum atomic E-state index is 12.8. The van der Waals surface area contributed by atoms with E-state index in [-0.39, 0.29) is 11.4 Å². The molecule has 1 aromatic heterocycles. The molecular formula is C18H15N3O3S. The molecule has 0 atom stereocenters. The van der Waals surface area contributed by atoms with E-state index in [2.05, 4.69) is 10.3 Å². The van der Waals surface area contributed by atoms with Gasteiger partial charge < -0.3 is 5.32 Å². The second-order valence-corrected chi connectivity index (χ2v) is 7.69. The second kappa shape index (κ2) is 5.56. The number of pyridine rings is 1.